The third-order valence-electron chi connectivity index (χ3n) is 6.37. The molecule has 2 heterocycles. The number of hydrogen-bond donors (Lipinski definition) is 1. The molecule has 1 N–H and O–H groups in total. The van der Waals surface area contributed by atoms with Crippen molar-refractivity contribution in [2.45, 2.75) is 37.4 Å². The number of halogens is 2. The molecule has 3 aromatic carbocycles. The molecule has 0 fully saturated rings. The van der Waals surface area contributed by atoms with Gasteiger partial charge in [-0.2, -0.15) is 4.98 Å². The van der Waals surface area contributed by atoms with Gasteiger partial charge in [0.1, 0.15) is 12.6 Å². The Kier molecular flexibility index (Phi) is 8.16. The van der Waals surface area contributed by atoms with Gasteiger partial charge in [-0.25, -0.2) is 4.68 Å². The van der Waals surface area contributed by atoms with Crippen molar-refractivity contribution in [2.75, 3.05) is 12.4 Å². The molecule has 1 unspecified atom stereocenters. The number of hydrogen-bond acceptors (Lipinski definition) is 7. The molecule has 10 heteroatoms. The van der Waals surface area contributed by atoms with Gasteiger partial charge in [-0.1, -0.05) is 77.4 Å². The summed E-state index contributed by atoms with van der Waals surface area (Å²) in [4.78, 5) is 17.5. The van der Waals surface area contributed by atoms with Crippen LogP contribution in [0.3, 0.4) is 0 Å². The zero-order valence-corrected chi connectivity index (χ0v) is 23.9. The third kappa shape index (κ3) is 5.78. The van der Waals surface area contributed by atoms with E-state index in [1.165, 1.54) is 11.8 Å². The standard InChI is InChI=1S/C29H26Cl2N4O3S/c1-17-26(18(2)36)27(35-28(32-17)33-29(34-35)39-16-21-9-5-7-11-23(21)31)19-12-13-24(25(14-19)37-3)38-15-20-8-4-6-10-22(20)30/h4-14,27H,15-16H2,1-3H3,(H,32,33,34). The van der Waals surface area contributed by atoms with Gasteiger partial charge in [0.2, 0.25) is 11.1 Å². The predicted molar refractivity (Wildman–Crippen MR) is 155 cm³/mol. The number of anilines is 1. The first-order chi connectivity index (χ1) is 18.9. The van der Waals surface area contributed by atoms with Crippen molar-refractivity contribution in [2.24, 2.45) is 0 Å². The van der Waals surface area contributed by atoms with Gasteiger partial charge in [-0.3, -0.25) is 4.79 Å². The van der Waals surface area contributed by atoms with Gasteiger partial charge < -0.3 is 14.8 Å². The molecule has 0 saturated carbocycles. The first-order valence-electron chi connectivity index (χ1n) is 12.2. The Balaban J connectivity index is 1.45. The van der Waals surface area contributed by atoms with Crippen molar-refractivity contribution in [1.82, 2.24) is 14.8 Å². The average Bonchev–Trinajstić information content (AvgIpc) is 3.33. The largest absolute Gasteiger partial charge is 0.493 e. The highest BCUT2D eigenvalue weighted by Crippen LogP contribution is 2.40. The Hall–Kier alpha value is -3.46. The number of ketones is 1. The lowest BCUT2D eigenvalue weighted by Gasteiger charge is -2.28. The Labute approximate surface area is 241 Å². The normalized spacial score (nSPS) is 14.5. The lowest BCUT2D eigenvalue weighted by atomic mass is 9.93. The van der Waals surface area contributed by atoms with Crippen molar-refractivity contribution < 1.29 is 14.3 Å². The maximum atomic E-state index is 12.8. The number of benzene rings is 3. The van der Waals surface area contributed by atoms with E-state index in [1.54, 1.807) is 18.7 Å². The second-order valence-corrected chi connectivity index (χ2v) is 10.7. The first kappa shape index (κ1) is 27.1. The van der Waals surface area contributed by atoms with E-state index in [4.69, 9.17) is 42.8 Å². The Morgan fingerprint density at radius 2 is 1.72 bits per heavy atom. The number of rotatable bonds is 9. The zero-order valence-electron chi connectivity index (χ0n) is 21.6. The summed E-state index contributed by atoms with van der Waals surface area (Å²) in [5.41, 5.74) is 4.01. The van der Waals surface area contributed by atoms with Crippen LogP contribution in [0.25, 0.3) is 0 Å². The summed E-state index contributed by atoms with van der Waals surface area (Å²) in [6, 6.07) is 20.4. The highest BCUT2D eigenvalue weighted by Gasteiger charge is 2.33. The van der Waals surface area contributed by atoms with Gasteiger partial charge in [0.05, 0.1) is 7.11 Å². The summed E-state index contributed by atoms with van der Waals surface area (Å²) in [5.74, 6) is 2.21. The van der Waals surface area contributed by atoms with E-state index in [0.29, 0.717) is 50.6 Å². The average molecular weight is 582 g/mol. The number of carbonyl (C=O) groups excluding carboxylic acids is 1. The molecule has 0 aliphatic carbocycles. The smallest absolute Gasteiger partial charge is 0.227 e. The van der Waals surface area contributed by atoms with E-state index < -0.39 is 6.04 Å². The van der Waals surface area contributed by atoms with Crippen LogP contribution in [0.1, 0.15) is 36.6 Å². The van der Waals surface area contributed by atoms with Gasteiger partial charge in [0.15, 0.2) is 17.3 Å². The molecule has 1 atom stereocenters. The molecule has 0 spiro atoms. The van der Waals surface area contributed by atoms with Gasteiger partial charge in [-0.15, -0.1) is 5.10 Å². The summed E-state index contributed by atoms with van der Waals surface area (Å²) < 4.78 is 13.5. The van der Waals surface area contributed by atoms with Crippen LogP contribution < -0.4 is 14.8 Å². The lowest BCUT2D eigenvalue weighted by Crippen LogP contribution is -2.27. The molecule has 7 nitrogen and oxygen atoms in total. The number of aromatic nitrogens is 3. The molecular weight excluding hydrogens is 555 g/mol. The van der Waals surface area contributed by atoms with Gasteiger partial charge in [0.25, 0.3) is 0 Å². The van der Waals surface area contributed by atoms with Crippen molar-refractivity contribution in [1.29, 1.82) is 0 Å². The number of carbonyl (C=O) groups is 1. The van der Waals surface area contributed by atoms with Crippen LogP contribution >= 0.6 is 35.0 Å². The molecule has 1 aliphatic rings. The van der Waals surface area contributed by atoms with Crippen LogP contribution in [0.4, 0.5) is 5.95 Å². The SMILES string of the molecule is COc1cc(C2C(C(C)=O)=C(C)Nc3nc(SCc4ccccc4Cl)nn32)ccc1OCc1ccccc1Cl. The minimum Gasteiger partial charge on any atom is -0.493 e. The molecule has 0 saturated heterocycles. The third-order valence-corrected chi connectivity index (χ3v) is 8.00. The minimum atomic E-state index is -0.493. The second kappa shape index (κ2) is 11.7. The second-order valence-electron chi connectivity index (χ2n) is 8.96. The van der Waals surface area contributed by atoms with E-state index in [9.17, 15) is 4.79 Å². The predicted octanol–water partition coefficient (Wildman–Crippen LogP) is 7.34. The van der Waals surface area contributed by atoms with E-state index in [1.807, 2.05) is 73.7 Å². The van der Waals surface area contributed by atoms with Gasteiger partial charge >= 0.3 is 0 Å². The molecule has 5 rings (SSSR count). The number of fused-ring (bicyclic) bond motifs is 1. The van der Waals surface area contributed by atoms with E-state index in [-0.39, 0.29) is 5.78 Å². The number of thioether (sulfide) groups is 1. The topological polar surface area (TPSA) is 78.3 Å². The molecule has 0 bridgehead atoms. The van der Waals surface area contributed by atoms with Crippen molar-refractivity contribution in [3.05, 3.63) is 105 Å². The van der Waals surface area contributed by atoms with Crippen LogP contribution in [0.2, 0.25) is 10.0 Å². The fourth-order valence-electron chi connectivity index (χ4n) is 4.46. The van der Waals surface area contributed by atoms with Crippen LogP contribution in [0.5, 0.6) is 11.5 Å². The Morgan fingerprint density at radius 3 is 2.38 bits per heavy atom. The van der Waals surface area contributed by atoms with Crippen molar-refractivity contribution >= 4 is 46.7 Å². The molecule has 1 aliphatic heterocycles. The summed E-state index contributed by atoms with van der Waals surface area (Å²) in [7, 11) is 1.58. The van der Waals surface area contributed by atoms with Gasteiger partial charge in [0, 0.05) is 32.6 Å². The molecule has 1 aromatic heterocycles. The number of Topliss-reactive ketones (excluding diaryl/α,β-unsaturated/α-hetero) is 1. The van der Waals surface area contributed by atoms with Crippen LogP contribution in [0.15, 0.2) is 83.2 Å². The Morgan fingerprint density at radius 1 is 1.03 bits per heavy atom. The summed E-state index contributed by atoms with van der Waals surface area (Å²) in [6.07, 6.45) is 0. The monoisotopic (exact) mass is 580 g/mol. The highest BCUT2D eigenvalue weighted by atomic mass is 35.5. The molecule has 39 heavy (non-hydrogen) atoms. The van der Waals surface area contributed by atoms with Crippen molar-refractivity contribution in [3.63, 3.8) is 0 Å². The van der Waals surface area contributed by atoms with Crippen LogP contribution in [-0.4, -0.2) is 27.7 Å². The van der Waals surface area contributed by atoms with Crippen LogP contribution in [-0.2, 0) is 17.2 Å². The molecule has 4 aromatic rings. The first-order valence-corrected chi connectivity index (χ1v) is 14.0. The number of methoxy groups -OCH3 is 1. The molecule has 0 amide bonds. The zero-order chi connectivity index (χ0) is 27.5. The van der Waals surface area contributed by atoms with Gasteiger partial charge in [-0.05, 0) is 49.2 Å². The minimum absolute atomic E-state index is 0.0607. The highest BCUT2D eigenvalue weighted by molar-refractivity contribution is 7.98. The maximum Gasteiger partial charge on any atom is 0.227 e. The molecule has 0 radical (unpaired) electrons. The fraction of sp³-hybridized carbons (Fsp3) is 0.207. The van der Waals surface area contributed by atoms with Crippen LogP contribution in [0, 0.1) is 0 Å². The lowest BCUT2D eigenvalue weighted by molar-refractivity contribution is -0.114. The quantitative estimate of drug-likeness (QED) is 0.207. The summed E-state index contributed by atoms with van der Waals surface area (Å²) in [5, 5.41) is 9.93. The van der Waals surface area contributed by atoms with E-state index in [2.05, 4.69) is 5.32 Å². The Bertz CT molecular complexity index is 1570. The van der Waals surface area contributed by atoms with E-state index >= 15 is 0 Å². The molecule has 200 valence electrons. The summed E-state index contributed by atoms with van der Waals surface area (Å²) in [6.45, 7) is 3.72. The number of ether oxygens (including phenoxy) is 2. The maximum absolute atomic E-state index is 12.8. The van der Waals surface area contributed by atoms with E-state index in [0.717, 1.165) is 22.4 Å². The fourth-order valence-corrected chi connectivity index (χ4v) is 5.76. The number of nitrogens with zero attached hydrogens (tertiary/aromatic N) is 3. The number of allylic oxidation sites excluding steroid dienone is 2. The van der Waals surface area contributed by atoms with Crippen molar-refractivity contribution in [3.8, 4) is 11.5 Å². The summed E-state index contributed by atoms with van der Waals surface area (Å²) >= 11 is 14.1. The number of nitrogens with one attached hydrogen (secondary N) is 1. The molecular formula is C29H26Cl2N4O3S.